The number of amides is 1. The van der Waals surface area contributed by atoms with Crippen molar-refractivity contribution in [3.8, 4) is 5.75 Å². The second-order valence-electron chi connectivity index (χ2n) is 5.89. The predicted octanol–water partition coefficient (Wildman–Crippen LogP) is 2.16. The Labute approximate surface area is 126 Å². The van der Waals surface area contributed by atoms with E-state index in [2.05, 4.69) is 10.2 Å². The molecule has 21 heavy (non-hydrogen) atoms. The number of piperidine rings is 1. The lowest BCUT2D eigenvalue weighted by molar-refractivity contribution is -0.119. The first-order valence-corrected chi connectivity index (χ1v) is 7.53. The van der Waals surface area contributed by atoms with E-state index < -0.39 is 0 Å². The van der Waals surface area contributed by atoms with Crippen LogP contribution in [-0.4, -0.2) is 31.1 Å². The van der Waals surface area contributed by atoms with Crippen LogP contribution >= 0.6 is 0 Å². The summed E-state index contributed by atoms with van der Waals surface area (Å²) in [7, 11) is 0. The summed E-state index contributed by atoms with van der Waals surface area (Å²) in [5.74, 6) is 0.856. The Morgan fingerprint density at radius 1 is 1.33 bits per heavy atom. The zero-order chi connectivity index (χ0) is 15.4. The normalized spacial score (nSPS) is 16.1. The minimum Gasteiger partial charge on any atom is -0.491 e. The van der Waals surface area contributed by atoms with Gasteiger partial charge in [0.2, 0.25) is 5.91 Å². The topological polar surface area (TPSA) is 67.6 Å². The summed E-state index contributed by atoms with van der Waals surface area (Å²) < 4.78 is 5.74. The van der Waals surface area contributed by atoms with Gasteiger partial charge in [-0.05, 0) is 32.8 Å². The summed E-state index contributed by atoms with van der Waals surface area (Å²) in [4.78, 5) is 13.4. The van der Waals surface area contributed by atoms with Crippen molar-refractivity contribution in [2.45, 2.75) is 45.8 Å². The van der Waals surface area contributed by atoms with Crippen molar-refractivity contribution in [3.63, 3.8) is 0 Å². The molecule has 5 nitrogen and oxygen atoms in total. The fourth-order valence-corrected chi connectivity index (χ4v) is 2.70. The molecule has 1 fully saturated rings. The van der Waals surface area contributed by atoms with Crippen LogP contribution in [0.25, 0.3) is 0 Å². The number of anilines is 2. The van der Waals surface area contributed by atoms with Gasteiger partial charge in [0.25, 0.3) is 0 Å². The number of nitrogens with two attached hydrogens (primary N) is 1. The molecule has 1 aromatic rings. The Morgan fingerprint density at radius 3 is 2.57 bits per heavy atom. The molecule has 0 atom stereocenters. The molecular weight excluding hydrogens is 266 g/mol. The second kappa shape index (κ2) is 6.70. The van der Waals surface area contributed by atoms with Gasteiger partial charge in [0.15, 0.2) is 0 Å². The molecule has 3 N–H and O–H groups in total. The first-order chi connectivity index (χ1) is 9.94. The average molecular weight is 291 g/mol. The third-order valence-corrected chi connectivity index (χ3v) is 3.55. The van der Waals surface area contributed by atoms with Crippen LogP contribution in [0.4, 0.5) is 11.4 Å². The van der Waals surface area contributed by atoms with Crippen molar-refractivity contribution in [1.82, 2.24) is 5.32 Å². The maximum atomic E-state index is 11.1. The van der Waals surface area contributed by atoms with Crippen LogP contribution in [0.1, 0.15) is 33.6 Å². The van der Waals surface area contributed by atoms with E-state index in [0.29, 0.717) is 5.69 Å². The molecule has 0 unspecified atom stereocenters. The van der Waals surface area contributed by atoms with Crippen LogP contribution in [0, 0.1) is 0 Å². The first kappa shape index (κ1) is 15.5. The van der Waals surface area contributed by atoms with Gasteiger partial charge in [-0.2, -0.15) is 0 Å². The molecular formula is C16H25N3O2. The Hall–Kier alpha value is -1.91. The number of carbonyl (C=O) groups is 1. The number of carbonyl (C=O) groups excluding carboxylic acids is 1. The van der Waals surface area contributed by atoms with Gasteiger partial charge in [-0.25, -0.2) is 0 Å². The Kier molecular flexibility index (Phi) is 4.94. The molecule has 5 heteroatoms. The quantitative estimate of drug-likeness (QED) is 0.834. The predicted molar refractivity (Wildman–Crippen MR) is 85.7 cm³/mol. The van der Waals surface area contributed by atoms with Gasteiger partial charge < -0.3 is 20.7 Å². The maximum absolute atomic E-state index is 11.1. The molecule has 116 valence electrons. The van der Waals surface area contributed by atoms with Crippen LogP contribution in [0.2, 0.25) is 0 Å². The summed E-state index contributed by atoms with van der Waals surface area (Å²) in [6.45, 7) is 7.40. The van der Waals surface area contributed by atoms with Crippen molar-refractivity contribution in [2.75, 3.05) is 23.7 Å². The van der Waals surface area contributed by atoms with Crippen LogP contribution in [0.15, 0.2) is 18.2 Å². The van der Waals surface area contributed by atoms with Gasteiger partial charge >= 0.3 is 0 Å². The Balaban J connectivity index is 2.02. The largest absolute Gasteiger partial charge is 0.491 e. The molecule has 1 aliphatic rings. The number of hydrogen-bond donors (Lipinski definition) is 2. The zero-order valence-corrected chi connectivity index (χ0v) is 13.1. The summed E-state index contributed by atoms with van der Waals surface area (Å²) in [5.41, 5.74) is 7.78. The second-order valence-corrected chi connectivity index (χ2v) is 5.89. The SMILES string of the molecule is CC(=O)NC1CCN(c2cc(N)cc(OC(C)C)c2)CC1. The summed E-state index contributed by atoms with van der Waals surface area (Å²) >= 11 is 0. The molecule has 0 saturated carbocycles. The minimum absolute atomic E-state index is 0.0463. The summed E-state index contributed by atoms with van der Waals surface area (Å²) in [5, 5.41) is 2.99. The average Bonchev–Trinajstić information content (AvgIpc) is 2.37. The Bertz CT molecular complexity index is 494. The molecule has 0 spiro atoms. The fraction of sp³-hybridized carbons (Fsp3) is 0.562. The summed E-state index contributed by atoms with van der Waals surface area (Å²) in [6, 6.07) is 6.15. The lowest BCUT2D eigenvalue weighted by Crippen LogP contribution is -2.44. The monoisotopic (exact) mass is 291 g/mol. The molecule has 1 amide bonds. The molecule has 1 heterocycles. The fourth-order valence-electron chi connectivity index (χ4n) is 2.70. The van der Waals surface area contributed by atoms with Crippen LogP contribution in [0.5, 0.6) is 5.75 Å². The third-order valence-electron chi connectivity index (χ3n) is 3.55. The number of nitrogen functional groups attached to an aromatic ring is 1. The third kappa shape index (κ3) is 4.55. The van der Waals surface area contributed by atoms with E-state index in [4.69, 9.17) is 10.5 Å². The van der Waals surface area contributed by atoms with E-state index in [-0.39, 0.29) is 18.1 Å². The number of benzene rings is 1. The lowest BCUT2D eigenvalue weighted by atomic mass is 10.0. The van der Waals surface area contributed by atoms with Crippen LogP contribution in [0.3, 0.4) is 0 Å². The van der Waals surface area contributed by atoms with Crippen LogP contribution < -0.4 is 20.7 Å². The number of nitrogens with zero attached hydrogens (tertiary/aromatic N) is 1. The smallest absolute Gasteiger partial charge is 0.217 e. The molecule has 0 aromatic heterocycles. The van der Waals surface area contributed by atoms with E-state index in [1.807, 2.05) is 32.0 Å². The number of hydrogen-bond acceptors (Lipinski definition) is 4. The standard InChI is InChI=1S/C16H25N3O2/c1-11(2)21-16-9-13(17)8-15(10-16)19-6-4-14(5-7-19)18-12(3)20/h8-11,14H,4-7,17H2,1-3H3,(H,18,20). The molecule has 0 bridgehead atoms. The maximum Gasteiger partial charge on any atom is 0.217 e. The molecule has 2 rings (SSSR count). The number of nitrogens with one attached hydrogen (secondary N) is 1. The van der Waals surface area contributed by atoms with Gasteiger partial charge in [0.1, 0.15) is 5.75 Å². The molecule has 1 saturated heterocycles. The van der Waals surface area contributed by atoms with E-state index in [1.54, 1.807) is 6.92 Å². The number of ether oxygens (including phenoxy) is 1. The van der Waals surface area contributed by atoms with E-state index in [0.717, 1.165) is 37.4 Å². The molecule has 0 radical (unpaired) electrons. The van der Waals surface area contributed by atoms with Crippen molar-refractivity contribution in [2.24, 2.45) is 0 Å². The molecule has 1 aromatic carbocycles. The van der Waals surface area contributed by atoms with E-state index in [9.17, 15) is 4.79 Å². The van der Waals surface area contributed by atoms with Crippen molar-refractivity contribution >= 4 is 17.3 Å². The highest BCUT2D eigenvalue weighted by Crippen LogP contribution is 2.28. The van der Waals surface area contributed by atoms with Crippen molar-refractivity contribution < 1.29 is 9.53 Å². The van der Waals surface area contributed by atoms with Gasteiger partial charge in [0.05, 0.1) is 6.10 Å². The Morgan fingerprint density at radius 2 is 2.00 bits per heavy atom. The van der Waals surface area contributed by atoms with E-state index in [1.165, 1.54) is 0 Å². The van der Waals surface area contributed by atoms with E-state index >= 15 is 0 Å². The number of rotatable bonds is 4. The molecule has 0 aliphatic carbocycles. The zero-order valence-electron chi connectivity index (χ0n) is 13.1. The van der Waals surface area contributed by atoms with Gasteiger partial charge in [-0.3, -0.25) is 4.79 Å². The molecule has 1 aliphatic heterocycles. The van der Waals surface area contributed by atoms with Gasteiger partial charge in [-0.1, -0.05) is 0 Å². The van der Waals surface area contributed by atoms with Gasteiger partial charge in [-0.15, -0.1) is 0 Å². The van der Waals surface area contributed by atoms with Crippen molar-refractivity contribution in [1.29, 1.82) is 0 Å². The lowest BCUT2D eigenvalue weighted by Gasteiger charge is -2.34. The highest BCUT2D eigenvalue weighted by Gasteiger charge is 2.20. The van der Waals surface area contributed by atoms with Crippen molar-refractivity contribution in [3.05, 3.63) is 18.2 Å². The van der Waals surface area contributed by atoms with Gasteiger partial charge in [0, 0.05) is 49.6 Å². The summed E-state index contributed by atoms with van der Waals surface area (Å²) in [6.07, 6.45) is 2.04. The highest BCUT2D eigenvalue weighted by atomic mass is 16.5. The first-order valence-electron chi connectivity index (χ1n) is 7.53. The highest BCUT2D eigenvalue weighted by molar-refractivity contribution is 5.73. The minimum atomic E-state index is 0.0463. The van der Waals surface area contributed by atoms with Crippen LogP contribution in [-0.2, 0) is 4.79 Å².